The summed E-state index contributed by atoms with van der Waals surface area (Å²) in [5.74, 6) is -1.73. The molecule has 180 valence electrons. The van der Waals surface area contributed by atoms with Gasteiger partial charge in [0.2, 0.25) is 11.2 Å². The number of pyridine rings is 1. The molecule has 0 N–H and O–H groups in total. The second kappa shape index (κ2) is 8.95. The fourth-order valence-electron chi connectivity index (χ4n) is 3.90. The Hall–Kier alpha value is -4.05. The lowest BCUT2D eigenvalue weighted by Gasteiger charge is -2.29. The van der Waals surface area contributed by atoms with Crippen LogP contribution in [-0.4, -0.2) is 23.7 Å². The van der Waals surface area contributed by atoms with Crippen LogP contribution >= 0.6 is 0 Å². The van der Waals surface area contributed by atoms with Crippen molar-refractivity contribution in [2.75, 3.05) is 13.8 Å². The lowest BCUT2D eigenvalue weighted by molar-refractivity contribution is -0.154. The largest absolute Gasteiger partial charge is 0.497 e. The number of methoxy groups -OCH3 is 1. The first-order valence-electron chi connectivity index (χ1n) is 10.6. The maximum absolute atomic E-state index is 14.0. The molecule has 7 nitrogen and oxygen atoms in total. The molecular weight excluding hydrogens is 465 g/mol. The number of halogens is 3. The van der Waals surface area contributed by atoms with Crippen molar-refractivity contribution in [1.82, 2.24) is 9.88 Å². The molecular formula is C25H19F3N2O5. The predicted octanol–water partition coefficient (Wildman–Crippen LogP) is 5.36. The first-order chi connectivity index (χ1) is 16.8. The molecule has 2 aromatic heterocycles. The molecule has 10 heteroatoms. The van der Waals surface area contributed by atoms with Gasteiger partial charge in [0.1, 0.15) is 29.6 Å². The molecule has 1 aliphatic rings. The van der Waals surface area contributed by atoms with Crippen LogP contribution in [-0.2, 0) is 19.3 Å². The Bertz CT molecular complexity index is 1440. The molecule has 0 unspecified atom stereocenters. The standard InChI is InChI=1S/C25H19F3N2O5/c1-32-16-3-2-4-17(11-16)34-23-21(31)18-5-6-20-19(22(18)35-24(23)25(26,27)28)13-30(14-33-20)12-15-7-9-29-10-8-15/h2-11H,12-14H2,1H3. The number of benzene rings is 2. The van der Waals surface area contributed by atoms with Crippen molar-refractivity contribution in [3.63, 3.8) is 0 Å². The van der Waals surface area contributed by atoms with E-state index in [9.17, 15) is 18.0 Å². The third kappa shape index (κ3) is 4.52. The lowest BCUT2D eigenvalue weighted by Crippen LogP contribution is -2.32. The Kier molecular flexibility index (Phi) is 5.81. The zero-order valence-electron chi connectivity index (χ0n) is 18.5. The molecule has 0 saturated carbocycles. The van der Waals surface area contributed by atoms with E-state index >= 15 is 0 Å². The predicted molar refractivity (Wildman–Crippen MR) is 120 cm³/mol. The van der Waals surface area contributed by atoms with E-state index < -0.39 is 23.1 Å². The highest BCUT2D eigenvalue weighted by Gasteiger charge is 2.41. The van der Waals surface area contributed by atoms with Gasteiger partial charge in [-0.2, -0.15) is 13.2 Å². The highest BCUT2D eigenvalue weighted by molar-refractivity contribution is 5.84. The van der Waals surface area contributed by atoms with Crippen LogP contribution in [0.25, 0.3) is 11.0 Å². The molecule has 0 bridgehead atoms. The highest BCUT2D eigenvalue weighted by atomic mass is 19.4. The summed E-state index contributed by atoms with van der Waals surface area (Å²) in [4.78, 5) is 19.1. The zero-order valence-corrected chi connectivity index (χ0v) is 18.5. The summed E-state index contributed by atoms with van der Waals surface area (Å²) in [7, 11) is 1.41. The third-order valence-electron chi connectivity index (χ3n) is 5.54. The average Bonchev–Trinajstić information content (AvgIpc) is 2.85. The van der Waals surface area contributed by atoms with Crippen molar-refractivity contribution >= 4 is 11.0 Å². The number of aromatic nitrogens is 1. The van der Waals surface area contributed by atoms with Gasteiger partial charge in [0.25, 0.3) is 5.76 Å². The Morgan fingerprint density at radius 3 is 2.60 bits per heavy atom. The molecule has 0 saturated heterocycles. The quantitative estimate of drug-likeness (QED) is 0.378. The Balaban J connectivity index is 1.60. The van der Waals surface area contributed by atoms with Crippen LogP contribution in [0.3, 0.4) is 0 Å². The van der Waals surface area contributed by atoms with E-state index in [1.807, 2.05) is 17.0 Å². The van der Waals surface area contributed by atoms with Gasteiger partial charge in [0, 0.05) is 31.5 Å². The smallest absolute Gasteiger partial charge is 0.453 e. The zero-order chi connectivity index (χ0) is 24.6. The number of hydrogen-bond acceptors (Lipinski definition) is 7. The summed E-state index contributed by atoms with van der Waals surface area (Å²) < 4.78 is 63.7. The summed E-state index contributed by atoms with van der Waals surface area (Å²) in [6, 6.07) is 12.6. The maximum Gasteiger partial charge on any atom is 0.453 e. The topological polar surface area (TPSA) is 74.0 Å². The minimum atomic E-state index is -4.98. The molecule has 0 aliphatic carbocycles. The Morgan fingerprint density at radius 2 is 1.86 bits per heavy atom. The maximum atomic E-state index is 14.0. The minimum absolute atomic E-state index is 0.00585. The molecule has 5 rings (SSSR count). The number of alkyl halides is 3. The van der Waals surface area contributed by atoms with E-state index in [2.05, 4.69) is 4.98 Å². The summed E-state index contributed by atoms with van der Waals surface area (Å²) >= 11 is 0. The minimum Gasteiger partial charge on any atom is -0.497 e. The van der Waals surface area contributed by atoms with Gasteiger partial charge in [-0.1, -0.05) is 6.07 Å². The summed E-state index contributed by atoms with van der Waals surface area (Å²) in [6.45, 7) is 0.936. The molecule has 1 aliphatic heterocycles. The molecule has 0 radical (unpaired) electrons. The van der Waals surface area contributed by atoms with E-state index in [4.69, 9.17) is 18.6 Å². The number of nitrogens with zero attached hydrogens (tertiary/aromatic N) is 2. The Labute approximate surface area is 197 Å². The van der Waals surface area contributed by atoms with Gasteiger partial charge in [-0.25, -0.2) is 0 Å². The Morgan fingerprint density at radius 1 is 1.09 bits per heavy atom. The van der Waals surface area contributed by atoms with Gasteiger partial charge in [-0.05, 0) is 42.0 Å². The third-order valence-corrected chi connectivity index (χ3v) is 5.54. The van der Waals surface area contributed by atoms with Crippen LogP contribution in [0.15, 0.2) is 70.1 Å². The fourth-order valence-corrected chi connectivity index (χ4v) is 3.90. The lowest BCUT2D eigenvalue weighted by atomic mass is 10.1. The van der Waals surface area contributed by atoms with Gasteiger partial charge in [0.15, 0.2) is 0 Å². The monoisotopic (exact) mass is 484 g/mol. The second-order valence-corrected chi connectivity index (χ2v) is 7.90. The number of rotatable bonds is 5. The van der Waals surface area contributed by atoms with Gasteiger partial charge in [0.05, 0.1) is 18.1 Å². The van der Waals surface area contributed by atoms with Crippen LogP contribution in [0, 0.1) is 0 Å². The van der Waals surface area contributed by atoms with Crippen molar-refractivity contribution in [3.05, 3.63) is 88.0 Å². The van der Waals surface area contributed by atoms with Crippen molar-refractivity contribution in [2.45, 2.75) is 19.3 Å². The summed E-state index contributed by atoms with van der Waals surface area (Å²) in [5, 5.41) is -0.0380. The van der Waals surface area contributed by atoms with Crippen molar-refractivity contribution in [1.29, 1.82) is 0 Å². The van der Waals surface area contributed by atoms with Gasteiger partial charge in [-0.15, -0.1) is 0 Å². The number of fused-ring (bicyclic) bond motifs is 3. The van der Waals surface area contributed by atoms with Crippen LogP contribution < -0.4 is 19.6 Å². The first-order valence-corrected chi connectivity index (χ1v) is 10.6. The van der Waals surface area contributed by atoms with Crippen LogP contribution in [0.4, 0.5) is 13.2 Å². The molecule has 2 aromatic carbocycles. The van der Waals surface area contributed by atoms with Crippen LogP contribution in [0.5, 0.6) is 23.0 Å². The van der Waals surface area contributed by atoms with Crippen molar-refractivity contribution in [2.24, 2.45) is 0 Å². The number of hydrogen-bond donors (Lipinski definition) is 0. The normalized spacial score (nSPS) is 13.8. The van der Waals surface area contributed by atoms with Gasteiger partial charge >= 0.3 is 6.18 Å². The molecule has 35 heavy (non-hydrogen) atoms. The molecule has 0 atom stereocenters. The molecule has 0 spiro atoms. The van der Waals surface area contributed by atoms with E-state index in [1.165, 1.54) is 31.4 Å². The highest BCUT2D eigenvalue weighted by Crippen LogP contribution is 2.41. The van der Waals surface area contributed by atoms with Gasteiger partial charge < -0.3 is 18.6 Å². The second-order valence-electron chi connectivity index (χ2n) is 7.90. The molecule has 3 heterocycles. The van der Waals surface area contributed by atoms with Gasteiger partial charge in [-0.3, -0.25) is 14.7 Å². The fraction of sp³-hybridized carbons (Fsp3) is 0.200. The van der Waals surface area contributed by atoms with Crippen molar-refractivity contribution < 1.29 is 31.8 Å². The summed E-state index contributed by atoms with van der Waals surface area (Å²) in [6.07, 6.45) is -1.67. The SMILES string of the molecule is COc1cccc(Oc2c(C(F)(F)F)oc3c4c(ccc3c2=O)OCN(Cc2ccncc2)C4)c1. The van der Waals surface area contributed by atoms with E-state index in [-0.39, 0.29) is 30.0 Å². The van der Waals surface area contributed by atoms with Crippen LogP contribution in [0.1, 0.15) is 16.9 Å². The van der Waals surface area contributed by atoms with E-state index in [0.29, 0.717) is 23.6 Å². The molecule has 0 amide bonds. The number of ether oxygens (including phenoxy) is 3. The van der Waals surface area contributed by atoms with E-state index in [0.717, 1.165) is 5.56 Å². The average molecular weight is 484 g/mol. The molecule has 4 aromatic rings. The molecule has 0 fully saturated rings. The summed E-state index contributed by atoms with van der Waals surface area (Å²) in [5.41, 5.74) is 0.199. The van der Waals surface area contributed by atoms with E-state index in [1.54, 1.807) is 24.5 Å². The van der Waals surface area contributed by atoms with Crippen molar-refractivity contribution in [3.8, 4) is 23.0 Å². The first kappa shape index (κ1) is 22.7. The van der Waals surface area contributed by atoms with Crippen LogP contribution in [0.2, 0.25) is 0 Å².